The molecule has 0 amide bonds. The molecule has 0 aromatic carbocycles. The lowest BCUT2D eigenvalue weighted by molar-refractivity contribution is 0.194. The van der Waals surface area contributed by atoms with Crippen LogP contribution in [0.25, 0.3) is 0 Å². The lowest BCUT2D eigenvalue weighted by atomic mass is 9.75. The summed E-state index contributed by atoms with van der Waals surface area (Å²) in [6, 6.07) is 0. The average Bonchev–Trinajstić information content (AvgIpc) is 2.15. The molecular weight excluding hydrogens is 158 g/mol. The summed E-state index contributed by atoms with van der Waals surface area (Å²) in [5.41, 5.74) is 0. The normalized spacial score (nSPS) is 22.2. The van der Waals surface area contributed by atoms with Gasteiger partial charge in [0.05, 0.1) is 0 Å². The topological polar surface area (TPSA) is 12.0 Å². The Hall–Kier alpha value is -0.0400. The molecule has 0 aromatic heterocycles. The first-order valence-corrected chi connectivity index (χ1v) is 5.90. The van der Waals surface area contributed by atoms with Crippen LogP contribution in [-0.4, -0.2) is 13.6 Å². The number of hydrogen-bond donors (Lipinski definition) is 1. The van der Waals surface area contributed by atoms with E-state index in [1.807, 2.05) is 0 Å². The molecule has 1 aliphatic carbocycles. The van der Waals surface area contributed by atoms with Gasteiger partial charge in [0.25, 0.3) is 0 Å². The van der Waals surface area contributed by atoms with Crippen LogP contribution in [0.5, 0.6) is 0 Å². The largest absolute Gasteiger partial charge is 0.319 e. The third kappa shape index (κ3) is 3.30. The van der Waals surface area contributed by atoms with E-state index in [9.17, 15) is 0 Å². The fourth-order valence-electron chi connectivity index (χ4n) is 2.74. The second-order valence-electron chi connectivity index (χ2n) is 4.86. The van der Waals surface area contributed by atoms with E-state index in [4.69, 9.17) is 0 Å². The molecule has 1 rings (SSSR count). The molecule has 0 heterocycles. The van der Waals surface area contributed by atoms with Crippen molar-refractivity contribution in [1.29, 1.82) is 0 Å². The van der Waals surface area contributed by atoms with Crippen molar-refractivity contribution in [2.75, 3.05) is 13.6 Å². The van der Waals surface area contributed by atoms with Crippen molar-refractivity contribution in [1.82, 2.24) is 5.32 Å². The first-order valence-electron chi connectivity index (χ1n) is 5.90. The summed E-state index contributed by atoms with van der Waals surface area (Å²) in [5, 5.41) is 3.35. The summed E-state index contributed by atoms with van der Waals surface area (Å²) in [4.78, 5) is 0. The summed E-state index contributed by atoms with van der Waals surface area (Å²) >= 11 is 0. The number of hydrogen-bond acceptors (Lipinski definition) is 1. The number of nitrogens with one attached hydrogen (secondary N) is 1. The van der Waals surface area contributed by atoms with Gasteiger partial charge in [0.2, 0.25) is 0 Å². The number of rotatable bonds is 4. The van der Waals surface area contributed by atoms with Gasteiger partial charge in [-0.3, -0.25) is 0 Å². The van der Waals surface area contributed by atoms with Crippen molar-refractivity contribution in [2.24, 2.45) is 17.8 Å². The Balaban J connectivity index is 2.41. The Morgan fingerprint density at radius 3 is 2.23 bits per heavy atom. The quantitative estimate of drug-likeness (QED) is 0.706. The molecule has 1 atom stereocenters. The fourth-order valence-corrected chi connectivity index (χ4v) is 2.74. The molecule has 0 saturated heterocycles. The van der Waals surface area contributed by atoms with Crippen LogP contribution < -0.4 is 5.32 Å². The zero-order chi connectivity index (χ0) is 9.68. The summed E-state index contributed by atoms with van der Waals surface area (Å²) in [5.74, 6) is 2.75. The summed E-state index contributed by atoms with van der Waals surface area (Å²) < 4.78 is 0. The van der Waals surface area contributed by atoms with Crippen LogP contribution in [0.2, 0.25) is 0 Å². The van der Waals surface area contributed by atoms with Crippen LogP contribution in [0.3, 0.4) is 0 Å². The Bertz CT molecular complexity index is 125. The molecule has 1 nitrogen and oxygen atoms in total. The highest BCUT2D eigenvalue weighted by molar-refractivity contribution is 4.77. The van der Waals surface area contributed by atoms with Crippen LogP contribution in [0, 0.1) is 17.8 Å². The molecule has 1 fully saturated rings. The van der Waals surface area contributed by atoms with Gasteiger partial charge in [-0.25, -0.2) is 0 Å². The SMILES string of the molecule is CNCC(C(C)C)C1CCCCC1. The van der Waals surface area contributed by atoms with Gasteiger partial charge < -0.3 is 5.32 Å². The summed E-state index contributed by atoms with van der Waals surface area (Å²) in [6.07, 6.45) is 7.37. The Morgan fingerprint density at radius 1 is 1.15 bits per heavy atom. The first kappa shape index (κ1) is 11.0. The van der Waals surface area contributed by atoms with Crippen molar-refractivity contribution in [3.8, 4) is 0 Å². The molecule has 78 valence electrons. The van der Waals surface area contributed by atoms with Crippen LogP contribution >= 0.6 is 0 Å². The third-order valence-corrected chi connectivity index (χ3v) is 3.55. The molecule has 1 N–H and O–H groups in total. The zero-order valence-corrected chi connectivity index (χ0v) is 9.47. The van der Waals surface area contributed by atoms with Gasteiger partial charge in [0.1, 0.15) is 0 Å². The molecule has 1 saturated carbocycles. The smallest absolute Gasteiger partial charge is 0.00184 e. The molecular formula is C12H25N. The molecule has 0 radical (unpaired) electrons. The Kier molecular flexibility index (Phi) is 4.79. The van der Waals surface area contributed by atoms with Gasteiger partial charge in [0, 0.05) is 0 Å². The minimum Gasteiger partial charge on any atom is -0.319 e. The van der Waals surface area contributed by atoms with Gasteiger partial charge in [0.15, 0.2) is 0 Å². The van der Waals surface area contributed by atoms with Crippen LogP contribution in [0.4, 0.5) is 0 Å². The van der Waals surface area contributed by atoms with Gasteiger partial charge in [-0.1, -0.05) is 46.0 Å². The van der Waals surface area contributed by atoms with Gasteiger partial charge >= 0.3 is 0 Å². The highest BCUT2D eigenvalue weighted by atomic mass is 14.8. The monoisotopic (exact) mass is 183 g/mol. The molecule has 0 aromatic rings. The molecule has 1 heteroatoms. The predicted molar refractivity (Wildman–Crippen MR) is 58.8 cm³/mol. The van der Waals surface area contributed by atoms with Crippen LogP contribution in [0.1, 0.15) is 46.0 Å². The minimum absolute atomic E-state index is 0.843. The van der Waals surface area contributed by atoms with Gasteiger partial charge in [-0.2, -0.15) is 0 Å². The maximum atomic E-state index is 3.35. The highest BCUT2D eigenvalue weighted by Crippen LogP contribution is 2.33. The van der Waals surface area contributed by atoms with Crippen molar-refractivity contribution in [3.63, 3.8) is 0 Å². The maximum Gasteiger partial charge on any atom is -0.00184 e. The third-order valence-electron chi connectivity index (χ3n) is 3.55. The van der Waals surface area contributed by atoms with Crippen LogP contribution in [0.15, 0.2) is 0 Å². The molecule has 1 aliphatic rings. The highest BCUT2D eigenvalue weighted by Gasteiger charge is 2.25. The minimum atomic E-state index is 0.843. The van der Waals surface area contributed by atoms with E-state index in [0.29, 0.717) is 0 Å². The second kappa shape index (κ2) is 5.64. The Labute approximate surface area is 83.3 Å². The first-order chi connectivity index (χ1) is 6.25. The van der Waals surface area contributed by atoms with E-state index >= 15 is 0 Å². The summed E-state index contributed by atoms with van der Waals surface area (Å²) in [6.45, 7) is 5.95. The predicted octanol–water partition coefficient (Wildman–Crippen LogP) is 3.06. The molecule has 0 bridgehead atoms. The fraction of sp³-hybridized carbons (Fsp3) is 1.00. The summed E-state index contributed by atoms with van der Waals surface area (Å²) in [7, 11) is 2.08. The van der Waals surface area contributed by atoms with Crippen molar-refractivity contribution >= 4 is 0 Å². The van der Waals surface area contributed by atoms with Gasteiger partial charge in [-0.15, -0.1) is 0 Å². The van der Waals surface area contributed by atoms with E-state index in [1.165, 1.54) is 38.6 Å². The maximum absolute atomic E-state index is 3.35. The molecule has 1 unspecified atom stereocenters. The standard InChI is InChI=1S/C12H25N/c1-10(2)12(9-13-3)11-7-5-4-6-8-11/h10-13H,4-9H2,1-3H3. The zero-order valence-electron chi connectivity index (χ0n) is 9.47. The van der Waals surface area contributed by atoms with E-state index < -0.39 is 0 Å². The van der Waals surface area contributed by atoms with E-state index in [2.05, 4.69) is 26.2 Å². The molecule has 13 heavy (non-hydrogen) atoms. The Morgan fingerprint density at radius 2 is 1.77 bits per heavy atom. The second-order valence-corrected chi connectivity index (χ2v) is 4.86. The average molecular weight is 183 g/mol. The van der Waals surface area contributed by atoms with Gasteiger partial charge in [-0.05, 0) is 31.3 Å². The lowest BCUT2D eigenvalue weighted by Gasteiger charge is -2.32. The van der Waals surface area contributed by atoms with Crippen molar-refractivity contribution < 1.29 is 0 Å². The van der Waals surface area contributed by atoms with E-state index in [-0.39, 0.29) is 0 Å². The lowest BCUT2D eigenvalue weighted by Crippen LogP contribution is -2.31. The molecule has 0 aliphatic heterocycles. The van der Waals surface area contributed by atoms with Crippen LogP contribution in [-0.2, 0) is 0 Å². The van der Waals surface area contributed by atoms with E-state index in [0.717, 1.165) is 17.8 Å². The van der Waals surface area contributed by atoms with Crippen molar-refractivity contribution in [2.45, 2.75) is 46.0 Å². The van der Waals surface area contributed by atoms with Crippen molar-refractivity contribution in [3.05, 3.63) is 0 Å². The van der Waals surface area contributed by atoms with E-state index in [1.54, 1.807) is 0 Å². The molecule has 0 spiro atoms.